The second-order valence-corrected chi connectivity index (χ2v) is 27.8. The maximum Gasteiger partial charge on any atom is 0.472 e. The van der Waals surface area contributed by atoms with Crippen molar-refractivity contribution in [1.29, 1.82) is 0 Å². The zero-order valence-corrected chi connectivity index (χ0v) is 56.2. The number of nitrogens with zero attached hydrogens (tertiary/aromatic N) is 1. The first-order valence-corrected chi connectivity index (χ1v) is 37.8. The Morgan fingerprint density at radius 3 is 0.790 bits per heavy atom. The summed E-state index contributed by atoms with van der Waals surface area (Å²) in [7, 11) is 1.51. The molecule has 9 nitrogen and oxygen atoms in total. The maximum atomic E-state index is 12.9. The third-order valence-corrected chi connectivity index (χ3v) is 17.9. The van der Waals surface area contributed by atoms with Crippen LogP contribution in [0.2, 0.25) is 0 Å². The van der Waals surface area contributed by atoms with Crippen LogP contribution in [-0.2, 0) is 32.7 Å². The molecule has 0 fully saturated rings. The highest BCUT2D eigenvalue weighted by atomic mass is 31.2. The van der Waals surface area contributed by atoms with Crippen LogP contribution in [0.1, 0.15) is 393 Å². The maximum absolute atomic E-state index is 12.9. The van der Waals surface area contributed by atoms with Gasteiger partial charge in [0.1, 0.15) is 19.8 Å². The highest BCUT2D eigenvalue weighted by Crippen LogP contribution is 2.43. The minimum atomic E-state index is -4.38. The molecule has 0 heterocycles. The first-order valence-electron chi connectivity index (χ1n) is 36.3. The van der Waals surface area contributed by atoms with E-state index in [4.69, 9.17) is 18.5 Å². The van der Waals surface area contributed by atoms with Crippen molar-refractivity contribution < 1.29 is 42.1 Å². The second-order valence-electron chi connectivity index (χ2n) is 26.4. The van der Waals surface area contributed by atoms with Crippen molar-refractivity contribution in [2.75, 3.05) is 47.5 Å². The molecule has 0 spiro atoms. The molecular weight excluding hydrogens is 1030 g/mol. The molecule has 10 heteroatoms. The lowest BCUT2D eigenvalue weighted by Gasteiger charge is -2.24. The monoisotopic (exact) mass is 1170 g/mol. The van der Waals surface area contributed by atoms with Crippen molar-refractivity contribution in [2.45, 2.75) is 399 Å². The molecule has 0 aromatic heterocycles. The average molecular weight is 1170 g/mol. The molecule has 0 radical (unpaired) electrons. The van der Waals surface area contributed by atoms with Crippen molar-refractivity contribution in [3.63, 3.8) is 0 Å². The highest BCUT2D eigenvalue weighted by molar-refractivity contribution is 7.47. The van der Waals surface area contributed by atoms with E-state index in [1.54, 1.807) is 0 Å². The Balaban J connectivity index is 3.95. The fourth-order valence-electron chi connectivity index (χ4n) is 11.3. The number of unbranched alkanes of at least 4 members (excludes halogenated alkanes) is 55. The van der Waals surface area contributed by atoms with E-state index in [1.165, 1.54) is 327 Å². The first-order chi connectivity index (χ1) is 39.5. The first kappa shape index (κ1) is 80.0. The van der Waals surface area contributed by atoms with Crippen LogP contribution in [0.5, 0.6) is 0 Å². The van der Waals surface area contributed by atoms with E-state index in [0.29, 0.717) is 17.4 Å². The summed E-state index contributed by atoms with van der Waals surface area (Å²) in [5.41, 5.74) is 0. The summed E-state index contributed by atoms with van der Waals surface area (Å²) in [6, 6.07) is 0. The van der Waals surface area contributed by atoms with Gasteiger partial charge in [-0.1, -0.05) is 367 Å². The van der Waals surface area contributed by atoms with Gasteiger partial charge in [0.15, 0.2) is 6.10 Å². The van der Waals surface area contributed by atoms with Crippen LogP contribution >= 0.6 is 7.82 Å². The molecule has 0 aromatic carbocycles. The Labute approximate surface area is 505 Å². The van der Waals surface area contributed by atoms with Crippen molar-refractivity contribution in [2.24, 2.45) is 0 Å². The lowest BCUT2D eigenvalue weighted by Crippen LogP contribution is -2.37. The van der Waals surface area contributed by atoms with Crippen molar-refractivity contribution >= 4 is 19.8 Å². The number of ether oxygens (including phenoxy) is 2. The van der Waals surface area contributed by atoms with E-state index in [1.807, 2.05) is 21.1 Å². The summed E-state index contributed by atoms with van der Waals surface area (Å²) in [5, 5.41) is 0. The molecule has 0 aliphatic heterocycles. The van der Waals surface area contributed by atoms with Gasteiger partial charge in [-0.05, 0) is 12.8 Å². The molecule has 81 heavy (non-hydrogen) atoms. The Hall–Kier alpha value is -0.990. The van der Waals surface area contributed by atoms with Crippen LogP contribution in [0.3, 0.4) is 0 Å². The van der Waals surface area contributed by atoms with Crippen LogP contribution in [0.4, 0.5) is 0 Å². The molecule has 0 amide bonds. The predicted octanol–water partition coefficient (Wildman–Crippen LogP) is 23.3. The lowest BCUT2D eigenvalue weighted by atomic mass is 10.0. The number of carbonyl (C=O) groups is 2. The largest absolute Gasteiger partial charge is 0.472 e. The van der Waals surface area contributed by atoms with Crippen molar-refractivity contribution in [3.8, 4) is 0 Å². The Morgan fingerprint density at radius 2 is 0.556 bits per heavy atom. The van der Waals surface area contributed by atoms with Gasteiger partial charge < -0.3 is 18.9 Å². The lowest BCUT2D eigenvalue weighted by molar-refractivity contribution is -0.870. The topological polar surface area (TPSA) is 108 Å². The fourth-order valence-corrected chi connectivity index (χ4v) is 12.1. The number of hydrogen-bond acceptors (Lipinski definition) is 7. The summed E-state index contributed by atoms with van der Waals surface area (Å²) in [4.78, 5) is 35.9. The number of quaternary nitrogens is 1. The molecule has 0 bridgehead atoms. The number of carbonyl (C=O) groups excluding carboxylic acids is 2. The van der Waals surface area contributed by atoms with Crippen LogP contribution in [-0.4, -0.2) is 74.9 Å². The molecule has 0 saturated carbocycles. The average Bonchev–Trinajstić information content (AvgIpc) is 3.43. The van der Waals surface area contributed by atoms with E-state index in [-0.39, 0.29) is 25.6 Å². The van der Waals surface area contributed by atoms with E-state index in [0.717, 1.165) is 38.5 Å². The van der Waals surface area contributed by atoms with Crippen molar-refractivity contribution in [3.05, 3.63) is 0 Å². The minimum absolute atomic E-state index is 0.0377. The zero-order chi connectivity index (χ0) is 59.1. The predicted molar refractivity (Wildman–Crippen MR) is 349 cm³/mol. The van der Waals surface area contributed by atoms with Crippen molar-refractivity contribution in [1.82, 2.24) is 0 Å². The summed E-state index contributed by atoms with van der Waals surface area (Å²) in [6.45, 7) is 4.54. The quantitative estimate of drug-likeness (QED) is 0.0278. The number of rotatable bonds is 69. The molecule has 2 unspecified atom stereocenters. The SMILES string of the molecule is CCCCCCCCCCCCCCCCCCCCCCCCCCCCCCCCCC(=O)OC(COC(=O)CCCCCCCCCCCCCCCCCCCCCCCCCCCC)COP(=O)(O)OCC[N+](C)(C)C. The Bertz CT molecular complexity index is 1330. The summed E-state index contributed by atoms with van der Waals surface area (Å²) in [5.74, 6) is -0.767. The van der Waals surface area contributed by atoms with Gasteiger partial charge in [0.25, 0.3) is 0 Å². The Kier molecular flexibility index (Phi) is 62.7. The van der Waals surface area contributed by atoms with Crippen LogP contribution in [0.15, 0.2) is 0 Å². The number of likely N-dealkylation sites (N-methyl/N-ethyl adjacent to an activating group) is 1. The third-order valence-electron chi connectivity index (χ3n) is 16.9. The minimum Gasteiger partial charge on any atom is -0.462 e. The normalized spacial score (nSPS) is 13.0. The van der Waals surface area contributed by atoms with Crippen LogP contribution in [0, 0.1) is 0 Å². The number of esters is 2. The summed E-state index contributed by atoms with van der Waals surface area (Å²) < 4.78 is 34.8. The number of phosphoric acid groups is 1. The molecule has 2 atom stereocenters. The van der Waals surface area contributed by atoms with Gasteiger partial charge in [0.2, 0.25) is 0 Å². The van der Waals surface area contributed by atoms with E-state index in [2.05, 4.69) is 13.8 Å². The van der Waals surface area contributed by atoms with Gasteiger partial charge in [-0.2, -0.15) is 0 Å². The molecule has 0 rings (SSSR count). The van der Waals surface area contributed by atoms with Gasteiger partial charge in [-0.3, -0.25) is 18.6 Å². The number of phosphoric ester groups is 1. The van der Waals surface area contributed by atoms with Gasteiger partial charge in [-0.25, -0.2) is 4.57 Å². The molecule has 0 saturated heterocycles. The molecule has 0 aliphatic rings. The molecular formula is C71H143NO8P+. The van der Waals surface area contributed by atoms with E-state index >= 15 is 0 Å². The third kappa shape index (κ3) is 68.0. The van der Waals surface area contributed by atoms with Gasteiger partial charge >= 0.3 is 19.8 Å². The standard InChI is InChI=1S/C71H142NO8P/c1-6-8-10-12-14-16-18-20-22-24-26-28-30-32-34-35-36-37-38-40-42-44-46-48-50-52-54-56-58-60-62-64-71(74)80-69(68-79-81(75,76)78-66-65-72(3,4)5)67-77-70(73)63-61-59-57-55-53-51-49-47-45-43-41-39-33-31-29-27-25-23-21-19-17-15-13-11-9-7-2/h69H,6-68H2,1-5H3/p+1. The van der Waals surface area contributed by atoms with Gasteiger partial charge in [0.05, 0.1) is 27.7 Å². The Morgan fingerprint density at radius 1 is 0.333 bits per heavy atom. The summed E-state index contributed by atoms with van der Waals surface area (Å²) in [6.07, 6.45) is 76.5. The van der Waals surface area contributed by atoms with Crippen LogP contribution < -0.4 is 0 Å². The highest BCUT2D eigenvalue weighted by Gasteiger charge is 2.27. The summed E-state index contributed by atoms with van der Waals surface area (Å²) >= 11 is 0. The smallest absolute Gasteiger partial charge is 0.462 e. The van der Waals surface area contributed by atoms with Crippen LogP contribution in [0.25, 0.3) is 0 Å². The fraction of sp³-hybridized carbons (Fsp3) is 0.972. The van der Waals surface area contributed by atoms with Gasteiger partial charge in [0, 0.05) is 12.8 Å². The second kappa shape index (κ2) is 63.5. The zero-order valence-electron chi connectivity index (χ0n) is 55.3. The molecule has 0 aromatic rings. The van der Waals surface area contributed by atoms with E-state index in [9.17, 15) is 19.0 Å². The molecule has 484 valence electrons. The molecule has 0 aliphatic carbocycles. The van der Waals surface area contributed by atoms with Gasteiger partial charge in [-0.15, -0.1) is 0 Å². The number of hydrogen-bond donors (Lipinski definition) is 1. The molecule has 1 N–H and O–H groups in total. The van der Waals surface area contributed by atoms with E-state index < -0.39 is 26.5 Å².